The molecular formula is C33H52O5. The van der Waals surface area contributed by atoms with Gasteiger partial charge in [-0.15, -0.1) is 0 Å². The fraction of sp³-hybridized carbons (Fsp3) is 0.879. The number of esters is 2. The van der Waals surface area contributed by atoms with Crippen LogP contribution in [0.2, 0.25) is 0 Å². The van der Waals surface area contributed by atoms with E-state index in [1.165, 1.54) is 14.0 Å². The fourth-order valence-corrected chi connectivity index (χ4v) is 12.1. The summed E-state index contributed by atoms with van der Waals surface area (Å²) in [7, 11) is 1.48. The number of hydrogen-bond acceptors (Lipinski definition) is 5. The summed E-state index contributed by atoms with van der Waals surface area (Å²) in [6.07, 6.45) is 8.02. The van der Waals surface area contributed by atoms with Crippen LogP contribution in [0.5, 0.6) is 0 Å². The second kappa shape index (κ2) is 8.82. The van der Waals surface area contributed by atoms with Gasteiger partial charge in [-0.1, -0.05) is 46.8 Å². The molecule has 38 heavy (non-hydrogen) atoms. The number of aliphatic hydroxyl groups is 1. The van der Waals surface area contributed by atoms with Gasteiger partial charge in [0.15, 0.2) is 0 Å². The van der Waals surface area contributed by atoms with Crippen LogP contribution in [0.1, 0.15) is 106 Å². The highest BCUT2D eigenvalue weighted by Gasteiger charge is 2.74. The molecule has 0 unspecified atom stereocenters. The van der Waals surface area contributed by atoms with Gasteiger partial charge in [-0.05, 0) is 111 Å². The zero-order valence-electron chi connectivity index (χ0n) is 25.2. The van der Waals surface area contributed by atoms with E-state index in [2.05, 4.69) is 48.1 Å². The zero-order valence-corrected chi connectivity index (χ0v) is 25.2. The monoisotopic (exact) mass is 528 g/mol. The molecular weight excluding hydrogens is 476 g/mol. The molecule has 5 rings (SSSR count). The summed E-state index contributed by atoms with van der Waals surface area (Å²) in [5.74, 6) is 1.34. The third kappa shape index (κ3) is 3.38. The molecule has 0 amide bonds. The van der Waals surface area contributed by atoms with Crippen molar-refractivity contribution in [2.45, 2.75) is 118 Å². The van der Waals surface area contributed by atoms with Crippen molar-refractivity contribution < 1.29 is 24.2 Å². The van der Waals surface area contributed by atoms with Gasteiger partial charge in [0.25, 0.3) is 0 Å². The summed E-state index contributed by atoms with van der Waals surface area (Å²) in [4.78, 5) is 25.4. The minimum absolute atomic E-state index is 0.0265. The minimum Gasteiger partial charge on any atom is -0.469 e. The molecule has 0 radical (unpaired) electrons. The third-order valence-electron chi connectivity index (χ3n) is 13.9. The van der Waals surface area contributed by atoms with Crippen LogP contribution >= 0.6 is 0 Å². The molecule has 0 aromatic carbocycles. The van der Waals surface area contributed by atoms with E-state index in [1.54, 1.807) is 0 Å². The van der Waals surface area contributed by atoms with Crippen LogP contribution in [0.3, 0.4) is 0 Å². The first-order valence-electron chi connectivity index (χ1n) is 15.2. The van der Waals surface area contributed by atoms with Crippen LogP contribution in [0, 0.1) is 56.7 Å². The highest BCUT2D eigenvalue weighted by molar-refractivity contribution is 5.79. The average Bonchev–Trinajstić information content (AvgIpc) is 3.23. The molecule has 0 aromatic rings. The molecule has 5 saturated carbocycles. The van der Waals surface area contributed by atoms with Gasteiger partial charge in [0, 0.05) is 12.3 Å². The van der Waals surface area contributed by atoms with E-state index >= 15 is 0 Å². The molecule has 0 heterocycles. The molecule has 0 spiro atoms. The van der Waals surface area contributed by atoms with Crippen LogP contribution in [0.15, 0.2) is 12.2 Å². The molecule has 0 aliphatic heterocycles. The quantitative estimate of drug-likeness (QED) is 0.325. The van der Waals surface area contributed by atoms with E-state index in [0.29, 0.717) is 30.6 Å². The predicted molar refractivity (Wildman–Crippen MR) is 148 cm³/mol. The van der Waals surface area contributed by atoms with Crippen molar-refractivity contribution in [1.82, 2.24) is 0 Å². The Balaban J connectivity index is 1.55. The first-order valence-corrected chi connectivity index (χ1v) is 15.2. The Kier molecular flexibility index (Phi) is 6.54. The van der Waals surface area contributed by atoms with Gasteiger partial charge in [0.05, 0.1) is 18.6 Å². The van der Waals surface area contributed by atoms with Crippen molar-refractivity contribution >= 4 is 11.9 Å². The third-order valence-corrected chi connectivity index (χ3v) is 13.9. The van der Waals surface area contributed by atoms with Gasteiger partial charge in [0.2, 0.25) is 0 Å². The number of hydrogen-bond donors (Lipinski definition) is 1. The van der Waals surface area contributed by atoms with Crippen LogP contribution < -0.4 is 0 Å². The summed E-state index contributed by atoms with van der Waals surface area (Å²) < 4.78 is 11.3. The Hall–Kier alpha value is -1.36. The number of carbonyl (C=O) groups excluding carboxylic acids is 2. The zero-order chi connectivity index (χ0) is 28.1. The SMILES string of the molecule is C=C(C)[C@@H]1CC[C@@]2(C(=O)OC)[C@H]1[C@H]1CC[C@@H]3[C@@]4(C)CC[C@H](OC(C)=O)C(C)(C)[C@@H]4CC[C@@]3(C)[C@]1(C)C[C@@H]2O. The molecule has 0 bridgehead atoms. The minimum atomic E-state index is -0.809. The number of ether oxygens (including phenoxy) is 2. The lowest BCUT2D eigenvalue weighted by Gasteiger charge is -2.73. The number of rotatable bonds is 3. The first kappa shape index (κ1) is 28.2. The highest BCUT2D eigenvalue weighted by atomic mass is 16.5. The Labute approximate surface area is 230 Å². The maximum absolute atomic E-state index is 13.5. The Morgan fingerprint density at radius 1 is 0.868 bits per heavy atom. The maximum atomic E-state index is 13.5. The second-order valence-electron chi connectivity index (χ2n) is 15.4. The number of methoxy groups -OCH3 is 1. The Bertz CT molecular complexity index is 1020. The summed E-state index contributed by atoms with van der Waals surface area (Å²) in [5.41, 5.74) is 0.423. The van der Waals surface area contributed by atoms with E-state index in [4.69, 9.17) is 9.47 Å². The van der Waals surface area contributed by atoms with Crippen LogP contribution in [-0.4, -0.2) is 36.4 Å². The van der Waals surface area contributed by atoms with Crippen molar-refractivity contribution in [3.05, 3.63) is 12.2 Å². The molecule has 0 saturated heterocycles. The summed E-state index contributed by atoms with van der Waals surface area (Å²) in [6, 6.07) is 0. The van der Waals surface area contributed by atoms with E-state index in [1.807, 2.05) is 0 Å². The van der Waals surface area contributed by atoms with Gasteiger partial charge < -0.3 is 14.6 Å². The average molecular weight is 529 g/mol. The van der Waals surface area contributed by atoms with Gasteiger partial charge in [0.1, 0.15) is 6.10 Å². The number of fused-ring (bicyclic) bond motifs is 7. The Morgan fingerprint density at radius 2 is 1.55 bits per heavy atom. The maximum Gasteiger partial charge on any atom is 0.314 e. The Morgan fingerprint density at radius 3 is 2.16 bits per heavy atom. The van der Waals surface area contributed by atoms with Gasteiger partial charge in [-0.3, -0.25) is 9.59 Å². The van der Waals surface area contributed by atoms with E-state index in [0.717, 1.165) is 50.5 Å². The van der Waals surface area contributed by atoms with Crippen molar-refractivity contribution in [1.29, 1.82) is 0 Å². The van der Waals surface area contributed by atoms with Crippen LogP contribution in [0.25, 0.3) is 0 Å². The van der Waals surface area contributed by atoms with Crippen molar-refractivity contribution in [3.63, 3.8) is 0 Å². The van der Waals surface area contributed by atoms with Crippen LogP contribution in [0.4, 0.5) is 0 Å². The largest absolute Gasteiger partial charge is 0.469 e. The van der Waals surface area contributed by atoms with Gasteiger partial charge >= 0.3 is 11.9 Å². The van der Waals surface area contributed by atoms with Gasteiger partial charge in [-0.25, -0.2) is 0 Å². The lowest BCUT2D eigenvalue weighted by atomic mass is 9.32. The molecule has 11 atom stereocenters. The molecule has 5 fully saturated rings. The normalized spacial score (nSPS) is 51.0. The summed E-state index contributed by atoms with van der Waals surface area (Å²) in [6.45, 7) is 20.2. The van der Waals surface area contributed by atoms with Crippen molar-refractivity contribution in [3.8, 4) is 0 Å². The lowest BCUT2D eigenvalue weighted by molar-refractivity contribution is -0.264. The second-order valence-corrected chi connectivity index (χ2v) is 15.4. The molecule has 1 N–H and O–H groups in total. The first-order chi connectivity index (χ1) is 17.6. The molecule has 5 heteroatoms. The smallest absolute Gasteiger partial charge is 0.314 e. The number of carbonyl (C=O) groups is 2. The van der Waals surface area contributed by atoms with E-state index in [9.17, 15) is 14.7 Å². The van der Waals surface area contributed by atoms with E-state index < -0.39 is 11.5 Å². The van der Waals surface area contributed by atoms with Crippen LogP contribution in [-0.2, 0) is 19.1 Å². The molecule has 5 nitrogen and oxygen atoms in total. The fourth-order valence-electron chi connectivity index (χ4n) is 12.1. The molecule has 5 aliphatic rings. The topological polar surface area (TPSA) is 72.8 Å². The molecule has 214 valence electrons. The standard InChI is InChI=1S/C33H52O5/c1-19(2)21-12-17-33(28(36)37-9)25(35)18-32(8)22(27(21)33)10-11-24-30(6)15-14-26(38-20(3)34)29(4,5)23(30)13-16-31(24,32)7/h21-27,35H,1,10-18H2,2-9H3/t21-,22+,23-,24+,25-,26-,27+,30-,31+,32+,33-/m0/s1. The van der Waals surface area contributed by atoms with Crippen molar-refractivity contribution in [2.24, 2.45) is 56.7 Å². The number of aliphatic hydroxyl groups excluding tert-OH is 1. The lowest BCUT2D eigenvalue weighted by Crippen LogP contribution is -2.69. The molecule has 0 aromatic heterocycles. The summed E-state index contributed by atoms with van der Waals surface area (Å²) in [5, 5.41) is 12.0. The van der Waals surface area contributed by atoms with E-state index in [-0.39, 0.29) is 51.5 Å². The van der Waals surface area contributed by atoms with Gasteiger partial charge in [-0.2, -0.15) is 0 Å². The highest BCUT2D eigenvalue weighted by Crippen LogP contribution is 2.77. The predicted octanol–water partition coefficient (Wildman–Crippen LogP) is 6.72. The number of allylic oxidation sites excluding steroid dienone is 1. The summed E-state index contributed by atoms with van der Waals surface area (Å²) >= 11 is 0. The molecule has 5 aliphatic carbocycles. The van der Waals surface area contributed by atoms with Crippen molar-refractivity contribution in [2.75, 3.05) is 7.11 Å².